The van der Waals surface area contributed by atoms with E-state index in [9.17, 15) is 19.5 Å². The predicted octanol–water partition coefficient (Wildman–Crippen LogP) is -0.344. The van der Waals surface area contributed by atoms with E-state index in [1.807, 2.05) is 0 Å². The van der Waals surface area contributed by atoms with Crippen LogP contribution in [0.1, 0.15) is 6.92 Å². The number of aliphatic hydroxyl groups is 1. The number of amides is 3. The number of carbonyl (C=O) groups excluding carboxylic acids is 3. The first kappa shape index (κ1) is 13.5. The molecule has 3 unspecified atom stereocenters. The molecule has 2 rings (SSSR count). The average Bonchev–Trinajstić information content (AvgIpc) is 2.74. The van der Waals surface area contributed by atoms with Crippen molar-refractivity contribution in [2.75, 3.05) is 13.7 Å². The summed E-state index contributed by atoms with van der Waals surface area (Å²) in [7, 11) is 4.76. The summed E-state index contributed by atoms with van der Waals surface area (Å²) in [6.45, 7) is 1.93. The number of ether oxygens (including phenoxy) is 1. The molecule has 0 spiro atoms. The van der Waals surface area contributed by atoms with Gasteiger partial charge in [-0.05, 0) is 13.0 Å². The van der Waals surface area contributed by atoms with Crippen LogP contribution in [0.3, 0.4) is 0 Å². The zero-order chi connectivity index (χ0) is 14.3. The van der Waals surface area contributed by atoms with E-state index in [0.29, 0.717) is 0 Å². The minimum absolute atomic E-state index is 0.229. The molecule has 103 valence electrons. The Morgan fingerprint density at radius 1 is 1.32 bits per heavy atom. The van der Waals surface area contributed by atoms with Crippen LogP contribution in [0.25, 0.3) is 0 Å². The van der Waals surface area contributed by atoms with Gasteiger partial charge in [0.05, 0.1) is 11.8 Å². The van der Waals surface area contributed by atoms with Crippen LogP contribution in [0.15, 0.2) is 12.0 Å². The molecule has 1 radical (unpaired) electrons. The Hall–Kier alpha value is -1.89. The van der Waals surface area contributed by atoms with Gasteiger partial charge in [-0.3, -0.25) is 24.2 Å². The summed E-state index contributed by atoms with van der Waals surface area (Å²) in [5.41, 5.74) is 0. The third-order valence-electron chi connectivity index (χ3n) is 3.41. The Bertz CT molecular complexity index is 473. The summed E-state index contributed by atoms with van der Waals surface area (Å²) in [4.78, 5) is 37.6. The SMILES string of the molecule is [CH2]N1C(=O)C(OCC)C(C2C=C(O)N(C)C2=O)C1=O. The lowest BCUT2D eigenvalue weighted by Gasteiger charge is -2.19. The Morgan fingerprint density at radius 3 is 2.42 bits per heavy atom. The molecule has 2 heterocycles. The molecule has 2 aliphatic rings. The molecule has 7 heteroatoms. The number of aliphatic hydroxyl groups excluding tert-OH is 1. The second-order valence-corrected chi connectivity index (χ2v) is 4.45. The van der Waals surface area contributed by atoms with Crippen molar-refractivity contribution in [3.8, 4) is 0 Å². The normalized spacial score (nSPS) is 31.4. The Morgan fingerprint density at radius 2 is 1.95 bits per heavy atom. The first-order valence-corrected chi connectivity index (χ1v) is 5.88. The molecule has 3 amide bonds. The number of hydrogen-bond donors (Lipinski definition) is 1. The topological polar surface area (TPSA) is 87.2 Å². The van der Waals surface area contributed by atoms with Crippen molar-refractivity contribution in [2.24, 2.45) is 11.8 Å². The van der Waals surface area contributed by atoms with Crippen molar-refractivity contribution >= 4 is 17.7 Å². The third kappa shape index (κ3) is 1.90. The number of imide groups is 1. The molecule has 0 aromatic rings. The number of hydrogen-bond acceptors (Lipinski definition) is 5. The second-order valence-electron chi connectivity index (χ2n) is 4.45. The van der Waals surface area contributed by atoms with E-state index in [-0.39, 0.29) is 12.5 Å². The monoisotopic (exact) mass is 267 g/mol. The predicted molar refractivity (Wildman–Crippen MR) is 63.1 cm³/mol. The van der Waals surface area contributed by atoms with E-state index in [2.05, 4.69) is 7.05 Å². The van der Waals surface area contributed by atoms with Crippen LogP contribution in [0.2, 0.25) is 0 Å². The number of carbonyl (C=O) groups is 3. The van der Waals surface area contributed by atoms with Gasteiger partial charge in [-0.25, -0.2) is 0 Å². The zero-order valence-corrected chi connectivity index (χ0v) is 10.7. The molecule has 2 aliphatic heterocycles. The van der Waals surface area contributed by atoms with Gasteiger partial charge in [-0.2, -0.15) is 0 Å². The molecule has 1 saturated heterocycles. The van der Waals surface area contributed by atoms with Crippen molar-refractivity contribution < 1.29 is 24.2 Å². The molecule has 1 N–H and O–H groups in total. The summed E-state index contributed by atoms with van der Waals surface area (Å²) >= 11 is 0. The first-order valence-electron chi connectivity index (χ1n) is 5.88. The molecule has 0 aromatic heterocycles. The molecule has 3 atom stereocenters. The van der Waals surface area contributed by atoms with Crippen LogP contribution in [0.4, 0.5) is 0 Å². The van der Waals surface area contributed by atoms with Gasteiger partial charge in [0, 0.05) is 20.7 Å². The highest BCUT2D eigenvalue weighted by Gasteiger charge is 2.54. The van der Waals surface area contributed by atoms with E-state index in [1.54, 1.807) is 6.92 Å². The van der Waals surface area contributed by atoms with Gasteiger partial charge in [0.1, 0.15) is 6.10 Å². The summed E-state index contributed by atoms with van der Waals surface area (Å²) in [6, 6.07) is 0. The van der Waals surface area contributed by atoms with Gasteiger partial charge in [0.15, 0.2) is 5.88 Å². The van der Waals surface area contributed by atoms with Gasteiger partial charge >= 0.3 is 0 Å². The molecule has 0 aliphatic carbocycles. The van der Waals surface area contributed by atoms with E-state index in [4.69, 9.17) is 4.74 Å². The molecule has 0 aromatic carbocycles. The van der Waals surface area contributed by atoms with Crippen molar-refractivity contribution in [3.05, 3.63) is 19.0 Å². The third-order valence-corrected chi connectivity index (χ3v) is 3.41. The van der Waals surface area contributed by atoms with E-state index >= 15 is 0 Å². The number of nitrogens with zero attached hydrogens (tertiary/aromatic N) is 2. The standard InChI is InChI=1S/C12H15N2O5/c1-4-19-9-8(11(17)14(3)12(9)18)6-5-7(15)13(2)10(6)16/h5-6,8-9,15H,3-4H2,1-2H3. The van der Waals surface area contributed by atoms with Crippen LogP contribution in [0, 0.1) is 18.9 Å². The van der Waals surface area contributed by atoms with Gasteiger partial charge in [-0.15, -0.1) is 0 Å². The summed E-state index contributed by atoms with van der Waals surface area (Å²) in [6.07, 6.45) is 0.239. The van der Waals surface area contributed by atoms with Crippen molar-refractivity contribution in [3.63, 3.8) is 0 Å². The largest absolute Gasteiger partial charge is 0.495 e. The quantitative estimate of drug-likeness (QED) is 0.707. The smallest absolute Gasteiger partial charge is 0.259 e. The summed E-state index contributed by atoms with van der Waals surface area (Å²) < 4.78 is 5.27. The lowest BCUT2D eigenvalue weighted by molar-refractivity contribution is -0.140. The van der Waals surface area contributed by atoms with Crippen LogP contribution in [-0.2, 0) is 19.1 Å². The number of rotatable bonds is 3. The van der Waals surface area contributed by atoms with Crippen LogP contribution >= 0.6 is 0 Å². The second kappa shape index (κ2) is 4.65. The van der Waals surface area contributed by atoms with Gasteiger partial charge in [0.25, 0.3) is 5.91 Å². The highest BCUT2D eigenvalue weighted by atomic mass is 16.5. The Kier molecular flexibility index (Phi) is 3.32. The van der Waals surface area contributed by atoms with Crippen LogP contribution in [-0.4, -0.2) is 52.4 Å². The molecule has 19 heavy (non-hydrogen) atoms. The Balaban J connectivity index is 2.34. The molecular formula is C12H15N2O5. The average molecular weight is 267 g/mol. The highest BCUT2D eigenvalue weighted by molar-refractivity contribution is 6.09. The van der Waals surface area contributed by atoms with Crippen molar-refractivity contribution in [1.29, 1.82) is 0 Å². The van der Waals surface area contributed by atoms with Gasteiger partial charge in [-0.1, -0.05) is 0 Å². The summed E-state index contributed by atoms with van der Waals surface area (Å²) in [5.74, 6) is -3.67. The van der Waals surface area contributed by atoms with Gasteiger partial charge < -0.3 is 9.84 Å². The molecule has 0 bridgehead atoms. The van der Waals surface area contributed by atoms with Crippen molar-refractivity contribution in [2.45, 2.75) is 13.0 Å². The van der Waals surface area contributed by atoms with Crippen LogP contribution < -0.4 is 0 Å². The fraction of sp³-hybridized carbons (Fsp3) is 0.500. The lowest BCUT2D eigenvalue weighted by Crippen LogP contribution is -2.37. The van der Waals surface area contributed by atoms with E-state index in [0.717, 1.165) is 9.80 Å². The maximum absolute atomic E-state index is 12.0. The van der Waals surface area contributed by atoms with E-state index < -0.39 is 35.7 Å². The summed E-state index contributed by atoms with van der Waals surface area (Å²) in [5, 5.41) is 9.53. The van der Waals surface area contributed by atoms with Crippen molar-refractivity contribution in [1.82, 2.24) is 9.80 Å². The Labute approximate surface area is 110 Å². The molecule has 7 nitrogen and oxygen atoms in total. The van der Waals surface area contributed by atoms with Gasteiger partial charge in [0.2, 0.25) is 11.8 Å². The minimum atomic E-state index is -1.03. The zero-order valence-electron chi connectivity index (χ0n) is 10.7. The molecule has 1 fully saturated rings. The molecule has 0 saturated carbocycles. The number of likely N-dealkylation sites (tertiary alicyclic amines) is 1. The maximum atomic E-state index is 12.0. The minimum Gasteiger partial charge on any atom is -0.495 e. The fourth-order valence-corrected chi connectivity index (χ4v) is 2.36. The first-order chi connectivity index (χ1) is 8.90. The highest BCUT2D eigenvalue weighted by Crippen LogP contribution is 2.34. The molecular weight excluding hydrogens is 252 g/mol. The van der Waals surface area contributed by atoms with E-state index in [1.165, 1.54) is 13.1 Å². The fourth-order valence-electron chi connectivity index (χ4n) is 2.36. The lowest BCUT2D eigenvalue weighted by atomic mass is 9.89. The maximum Gasteiger partial charge on any atom is 0.259 e. The van der Waals surface area contributed by atoms with Crippen LogP contribution in [0.5, 0.6) is 0 Å².